The van der Waals surface area contributed by atoms with Crippen molar-refractivity contribution in [1.82, 2.24) is 0 Å². The van der Waals surface area contributed by atoms with E-state index in [-0.39, 0.29) is 11.5 Å². The van der Waals surface area contributed by atoms with Gasteiger partial charge in [-0.25, -0.2) is 13.2 Å². The number of rotatable bonds is 9. The number of carbonyl (C=O) groups is 2. The first-order valence-electron chi connectivity index (χ1n) is 9.69. The summed E-state index contributed by atoms with van der Waals surface area (Å²) in [6.45, 7) is -0.285. The molecule has 0 saturated heterocycles. The molecule has 172 valence electrons. The van der Waals surface area contributed by atoms with Gasteiger partial charge in [0.1, 0.15) is 11.5 Å². The van der Waals surface area contributed by atoms with Crippen molar-refractivity contribution in [2.24, 2.45) is 0 Å². The molecule has 0 aromatic heterocycles. The number of hydrogen-bond donors (Lipinski definition) is 2. The SMILES string of the molecule is COC(=O)c1ccc(NC(=O)COc2ccc(S(=O)(=O)Nc3cccc(OC)c3)cc2)cc1. The Morgan fingerprint density at radius 1 is 0.848 bits per heavy atom. The second-order valence-corrected chi connectivity index (χ2v) is 8.40. The van der Waals surface area contributed by atoms with Crippen LogP contribution in [0.4, 0.5) is 11.4 Å². The first-order chi connectivity index (χ1) is 15.8. The maximum absolute atomic E-state index is 12.6. The Balaban J connectivity index is 1.55. The molecule has 3 rings (SSSR count). The molecular weight excluding hydrogens is 448 g/mol. The number of benzene rings is 3. The van der Waals surface area contributed by atoms with Crippen LogP contribution in [0.25, 0.3) is 0 Å². The molecule has 0 radical (unpaired) electrons. The van der Waals surface area contributed by atoms with Crippen molar-refractivity contribution in [3.63, 3.8) is 0 Å². The Morgan fingerprint density at radius 3 is 2.18 bits per heavy atom. The molecule has 0 aliphatic carbocycles. The molecule has 2 N–H and O–H groups in total. The van der Waals surface area contributed by atoms with Crippen molar-refractivity contribution in [3.05, 3.63) is 78.4 Å². The van der Waals surface area contributed by atoms with Gasteiger partial charge in [0.2, 0.25) is 0 Å². The Labute approximate surface area is 191 Å². The van der Waals surface area contributed by atoms with Crippen molar-refractivity contribution >= 4 is 33.3 Å². The third-order valence-corrected chi connectivity index (χ3v) is 5.81. The fourth-order valence-electron chi connectivity index (χ4n) is 2.77. The van der Waals surface area contributed by atoms with Crippen LogP contribution in [0, 0.1) is 0 Å². The van der Waals surface area contributed by atoms with Gasteiger partial charge in [0.15, 0.2) is 6.61 Å². The van der Waals surface area contributed by atoms with Crippen LogP contribution in [0.3, 0.4) is 0 Å². The lowest BCUT2D eigenvalue weighted by Gasteiger charge is -2.11. The summed E-state index contributed by atoms with van der Waals surface area (Å²) in [7, 11) is -1.03. The third-order valence-electron chi connectivity index (χ3n) is 4.42. The fraction of sp³-hybridized carbons (Fsp3) is 0.130. The van der Waals surface area contributed by atoms with Crippen LogP contribution < -0.4 is 19.5 Å². The predicted molar refractivity (Wildman–Crippen MR) is 122 cm³/mol. The molecule has 1 amide bonds. The quantitative estimate of drug-likeness (QED) is 0.461. The summed E-state index contributed by atoms with van der Waals surface area (Å²) in [5.41, 5.74) is 1.22. The number of carbonyl (C=O) groups excluding carboxylic acids is 2. The minimum atomic E-state index is -3.81. The zero-order valence-corrected chi connectivity index (χ0v) is 18.7. The number of ether oxygens (including phenoxy) is 3. The number of nitrogens with one attached hydrogen (secondary N) is 2. The van der Waals surface area contributed by atoms with Crippen LogP contribution in [0.5, 0.6) is 11.5 Å². The Bertz CT molecular complexity index is 1220. The molecule has 0 saturated carbocycles. The fourth-order valence-corrected chi connectivity index (χ4v) is 3.82. The summed E-state index contributed by atoms with van der Waals surface area (Å²) in [6.07, 6.45) is 0. The zero-order chi connectivity index (χ0) is 23.8. The molecule has 0 aliphatic heterocycles. The second kappa shape index (κ2) is 10.5. The zero-order valence-electron chi connectivity index (χ0n) is 17.9. The van der Waals surface area contributed by atoms with E-state index in [1.165, 1.54) is 50.6 Å². The molecular formula is C23H22N2O7S. The monoisotopic (exact) mass is 470 g/mol. The highest BCUT2D eigenvalue weighted by molar-refractivity contribution is 7.92. The minimum absolute atomic E-state index is 0.0350. The summed E-state index contributed by atoms with van der Waals surface area (Å²) < 4.78 is 42.8. The number of sulfonamides is 1. The minimum Gasteiger partial charge on any atom is -0.497 e. The molecule has 0 fully saturated rings. The van der Waals surface area contributed by atoms with Crippen LogP contribution in [0.1, 0.15) is 10.4 Å². The average molecular weight is 471 g/mol. The van der Waals surface area contributed by atoms with Gasteiger partial charge < -0.3 is 19.5 Å². The van der Waals surface area contributed by atoms with Gasteiger partial charge in [-0.15, -0.1) is 0 Å². The van der Waals surface area contributed by atoms with Gasteiger partial charge in [-0.2, -0.15) is 0 Å². The van der Waals surface area contributed by atoms with Crippen LogP contribution >= 0.6 is 0 Å². The standard InChI is InChI=1S/C23H22N2O7S/c1-30-20-5-3-4-18(14-20)25-33(28,29)21-12-10-19(11-13-21)32-15-22(26)24-17-8-6-16(7-9-17)23(27)31-2/h3-14,25H,15H2,1-2H3,(H,24,26). The van der Waals surface area contributed by atoms with Crippen LogP contribution in [0.2, 0.25) is 0 Å². The van der Waals surface area contributed by atoms with E-state index in [0.717, 1.165) is 0 Å². The largest absolute Gasteiger partial charge is 0.497 e. The number of anilines is 2. The summed E-state index contributed by atoms with van der Waals surface area (Å²) in [5.74, 6) is -0.0410. The lowest BCUT2D eigenvalue weighted by molar-refractivity contribution is -0.118. The molecule has 0 aliphatic rings. The van der Waals surface area contributed by atoms with E-state index < -0.39 is 21.9 Å². The first-order valence-corrected chi connectivity index (χ1v) is 11.2. The molecule has 0 atom stereocenters. The normalized spacial score (nSPS) is 10.7. The van der Waals surface area contributed by atoms with E-state index in [2.05, 4.69) is 14.8 Å². The highest BCUT2D eigenvalue weighted by Gasteiger charge is 2.15. The molecule has 10 heteroatoms. The number of methoxy groups -OCH3 is 2. The van der Waals surface area contributed by atoms with Gasteiger partial charge in [0.05, 0.1) is 30.4 Å². The second-order valence-electron chi connectivity index (χ2n) is 6.71. The van der Waals surface area contributed by atoms with E-state index in [1.54, 1.807) is 36.4 Å². The Kier molecular flexibility index (Phi) is 7.52. The van der Waals surface area contributed by atoms with Crippen molar-refractivity contribution in [3.8, 4) is 11.5 Å². The summed E-state index contributed by atoms with van der Waals surface area (Å²) in [5, 5.41) is 2.64. The summed E-state index contributed by atoms with van der Waals surface area (Å²) in [6, 6.07) is 18.4. The van der Waals surface area contributed by atoms with E-state index in [9.17, 15) is 18.0 Å². The van der Waals surface area contributed by atoms with Crippen molar-refractivity contribution < 1.29 is 32.2 Å². The summed E-state index contributed by atoms with van der Waals surface area (Å²) in [4.78, 5) is 23.6. The van der Waals surface area contributed by atoms with Gasteiger partial charge in [0.25, 0.3) is 15.9 Å². The van der Waals surface area contributed by atoms with Crippen LogP contribution in [-0.4, -0.2) is 41.1 Å². The smallest absolute Gasteiger partial charge is 0.337 e. The summed E-state index contributed by atoms with van der Waals surface area (Å²) >= 11 is 0. The van der Waals surface area contributed by atoms with Crippen LogP contribution in [-0.2, 0) is 19.6 Å². The van der Waals surface area contributed by atoms with Gasteiger partial charge in [-0.1, -0.05) is 6.07 Å². The van der Waals surface area contributed by atoms with E-state index in [4.69, 9.17) is 9.47 Å². The molecule has 3 aromatic rings. The van der Waals surface area contributed by atoms with E-state index in [1.807, 2.05) is 0 Å². The van der Waals surface area contributed by atoms with Gasteiger partial charge >= 0.3 is 5.97 Å². The van der Waals surface area contributed by atoms with Crippen molar-refractivity contribution in [1.29, 1.82) is 0 Å². The van der Waals surface area contributed by atoms with Gasteiger partial charge in [-0.3, -0.25) is 9.52 Å². The van der Waals surface area contributed by atoms with Crippen LogP contribution in [0.15, 0.2) is 77.7 Å². The highest BCUT2D eigenvalue weighted by Crippen LogP contribution is 2.22. The number of amides is 1. The average Bonchev–Trinajstić information content (AvgIpc) is 2.83. The van der Waals surface area contributed by atoms with Gasteiger partial charge in [-0.05, 0) is 60.7 Å². The lowest BCUT2D eigenvalue weighted by atomic mass is 10.2. The maximum Gasteiger partial charge on any atom is 0.337 e. The van der Waals surface area contributed by atoms with E-state index in [0.29, 0.717) is 28.4 Å². The predicted octanol–water partition coefficient (Wildman–Crippen LogP) is 3.30. The molecule has 0 heterocycles. The molecule has 33 heavy (non-hydrogen) atoms. The number of esters is 1. The number of hydrogen-bond acceptors (Lipinski definition) is 7. The molecule has 0 bridgehead atoms. The topological polar surface area (TPSA) is 120 Å². The first kappa shape index (κ1) is 23.6. The molecule has 0 spiro atoms. The maximum atomic E-state index is 12.6. The Hall–Kier alpha value is -4.05. The third kappa shape index (κ3) is 6.47. The highest BCUT2D eigenvalue weighted by atomic mass is 32.2. The molecule has 3 aromatic carbocycles. The lowest BCUT2D eigenvalue weighted by Crippen LogP contribution is -2.20. The van der Waals surface area contributed by atoms with E-state index >= 15 is 0 Å². The van der Waals surface area contributed by atoms with Crippen molar-refractivity contribution in [2.45, 2.75) is 4.90 Å². The molecule has 0 unspecified atom stereocenters. The Morgan fingerprint density at radius 2 is 1.55 bits per heavy atom. The van der Waals surface area contributed by atoms with Crippen molar-refractivity contribution in [2.75, 3.05) is 30.9 Å². The van der Waals surface area contributed by atoms with Gasteiger partial charge in [0, 0.05) is 11.8 Å². The molecule has 9 nitrogen and oxygen atoms in total.